The maximum Gasteiger partial charge on any atom is 0.119 e. The van der Waals surface area contributed by atoms with Gasteiger partial charge in [-0.2, -0.15) is 0 Å². The summed E-state index contributed by atoms with van der Waals surface area (Å²) in [6, 6.07) is 0. The van der Waals surface area contributed by atoms with E-state index in [4.69, 9.17) is 4.84 Å². The third-order valence-corrected chi connectivity index (χ3v) is 3.73. The predicted octanol–water partition coefficient (Wildman–Crippen LogP) is 4.97. The third kappa shape index (κ3) is 5.22. The molecule has 1 unspecified atom stereocenters. The van der Waals surface area contributed by atoms with Gasteiger partial charge in [0.25, 0.3) is 0 Å². The minimum atomic E-state index is 0.342. The van der Waals surface area contributed by atoms with E-state index in [2.05, 4.69) is 58.0 Å². The Labute approximate surface area is 118 Å². The van der Waals surface area contributed by atoms with Crippen molar-refractivity contribution >= 4 is 5.71 Å². The number of hydrogen-bond acceptors (Lipinski definition) is 2. The molecule has 0 fully saturated rings. The second-order valence-corrected chi connectivity index (χ2v) is 6.73. The predicted molar refractivity (Wildman–Crippen MR) is 83.3 cm³/mol. The van der Waals surface area contributed by atoms with E-state index in [1.165, 1.54) is 18.4 Å². The molecule has 0 aromatic heterocycles. The second kappa shape index (κ2) is 6.93. The molecule has 2 nitrogen and oxygen atoms in total. The fraction of sp³-hybridized carbons (Fsp3) is 0.706. The molecule has 0 aromatic carbocycles. The van der Waals surface area contributed by atoms with Crippen LogP contribution in [0.4, 0.5) is 0 Å². The summed E-state index contributed by atoms with van der Waals surface area (Å²) >= 11 is 0. The molecular weight excluding hydrogens is 234 g/mol. The van der Waals surface area contributed by atoms with Crippen LogP contribution in [0, 0.1) is 17.3 Å². The van der Waals surface area contributed by atoms with Gasteiger partial charge in [-0.25, -0.2) is 0 Å². The first-order chi connectivity index (χ1) is 8.83. The fourth-order valence-corrected chi connectivity index (χ4v) is 2.54. The van der Waals surface area contributed by atoms with E-state index in [-0.39, 0.29) is 0 Å². The van der Waals surface area contributed by atoms with Crippen LogP contribution in [0.3, 0.4) is 0 Å². The van der Waals surface area contributed by atoms with Crippen LogP contribution in [0.1, 0.15) is 54.4 Å². The maximum absolute atomic E-state index is 5.30. The summed E-state index contributed by atoms with van der Waals surface area (Å²) in [6.07, 6.45) is 9.19. The Balaban J connectivity index is 2.64. The smallest absolute Gasteiger partial charge is 0.119 e. The highest BCUT2D eigenvalue weighted by Gasteiger charge is 2.30. The van der Waals surface area contributed by atoms with Crippen molar-refractivity contribution in [3.8, 4) is 0 Å². The molecule has 0 saturated carbocycles. The lowest BCUT2D eigenvalue weighted by Gasteiger charge is -2.36. The summed E-state index contributed by atoms with van der Waals surface area (Å²) in [5, 5.41) is 4.13. The molecule has 0 heterocycles. The van der Waals surface area contributed by atoms with E-state index in [0.29, 0.717) is 23.9 Å². The summed E-state index contributed by atoms with van der Waals surface area (Å²) in [6.45, 7) is 13.8. The molecule has 0 spiro atoms. The molecule has 1 aliphatic rings. The first kappa shape index (κ1) is 16.0. The Bertz CT molecular complexity index is 375. The van der Waals surface area contributed by atoms with Gasteiger partial charge in [0.15, 0.2) is 0 Å². The quantitative estimate of drug-likeness (QED) is 0.390. The van der Waals surface area contributed by atoms with Crippen LogP contribution in [0.2, 0.25) is 0 Å². The van der Waals surface area contributed by atoms with Gasteiger partial charge in [0, 0.05) is 5.92 Å². The van der Waals surface area contributed by atoms with Crippen molar-refractivity contribution < 1.29 is 4.84 Å². The van der Waals surface area contributed by atoms with Gasteiger partial charge in [-0.1, -0.05) is 50.6 Å². The van der Waals surface area contributed by atoms with Gasteiger partial charge >= 0.3 is 0 Å². The van der Waals surface area contributed by atoms with Crippen molar-refractivity contribution in [3.05, 3.63) is 23.8 Å². The van der Waals surface area contributed by atoms with Gasteiger partial charge < -0.3 is 4.84 Å². The zero-order valence-electron chi connectivity index (χ0n) is 13.4. The Hall–Kier alpha value is -1.05. The van der Waals surface area contributed by atoms with Gasteiger partial charge in [0.05, 0.1) is 5.71 Å². The summed E-state index contributed by atoms with van der Waals surface area (Å²) in [4.78, 5) is 5.30. The van der Waals surface area contributed by atoms with Crippen LogP contribution in [-0.2, 0) is 4.84 Å². The molecule has 1 rings (SSSR count). The first-order valence-electron chi connectivity index (χ1n) is 7.34. The second-order valence-electron chi connectivity index (χ2n) is 6.73. The number of oxime groups is 1. The van der Waals surface area contributed by atoms with E-state index in [1.807, 2.05) is 6.92 Å². The molecule has 1 atom stereocenters. The van der Waals surface area contributed by atoms with Gasteiger partial charge in [-0.3, -0.25) is 0 Å². The van der Waals surface area contributed by atoms with Crippen molar-refractivity contribution in [3.63, 3.8) is 0 Å². The Morgan fingerprint density at radius 1 is 1.53 bits per heavy atom. The average molecular weight is 263 g/mol. The molecule has 1 aliphatic carbocycles. The minimum absolute atomic E-state index is 0.342. The number of hydrogen-bond donors (Lipinski definition) is 0. The van der Waals surface area contributed by atoms with Crippen molar-refractivity contribution in [1.82, 2.24) is 0 Å². The van der Waals surface area contributed by atoms with E-state index < -0.39 is 0 Å². The van der Waals surface area contributed by atoms with Gasteiger partial charge in [0.1, 0.15) is 6.61 Å². The highest BCUT2D eigenvalue weighted by atomic mass is 16.6. The Morgan fingerprint density at radius 2 is 2.21 bits per heavy atom. The first-order valence-corrected chi connectivity index (χ1v) is 7.34. The van der Waals surface area contributed by atoms with Gasteiger partial charge in [0.2, 0.25) is 0 Å². The van der Waals surface area contributed by atoms with E-state index in [1.54, 1.807) is 0 Å². The molecule has 2 heteroatoms. The molecule has 19 heavy (non-hydrogen) atoms. The highest BCUT2D eigenvalue weighted by Crippen LogP contribution is 2.41. The van der Waals surface area contributed by atoms with E-state index in [9.17, 15) is 0 Å². The molecule has 0 saturated heterocycles. The number of rotatable bonds is 5. The zero-order valence-corrected chi connectivity index (χ0v) is 13.4. The summed E-state index contributed by atoms with van der Waals surface area (Å²) < 4.78 is 0. The lowest BCUT2D eigenvalue weighted by Crippen LogP contribution is -2.26. The van der Waals surface area contributed by atoms with E-state index in [0.717, 1.165) is 5.71 Å². The lowest BCUT2D eigenvalue weighted by atomic mass is 9.68. The van der Waals surface area contributed by atoms with Gasteiger partial charge in [-0.05, 0) is 44.1 Å². The molecule has 0 N–H and O–H groups in total. The largest absolute Gasteiger partial charge is 0.395 e. The Morgan fingerprint density at radius 3 is 2.79 bits per heavy atom. The minimum Gasteiger partial charge on any atom is -0.395 e. The van der Waals surface area contributed by atoms with Crippen molar-refractivity contribution in [2.45, 2.75) is 54.4 Å². The summed E-state index contributed by atoms with van der Waals surface area (Å²) in [5.74, 6) is 1.03. The third-order valence-electron chi connectivity index (χ3n) is 3.73. The van der Waals surface area contributed by atoms with Crippen molar-refractivity contribution in [1.29, 1.82) is 0 Å². The lowest BCUT2D eigenvalue weighted by molar-refractivity contribution is 0.118. The Kier molecular flexibility index (Phi) is 5.84. The van der Waals surface area contributed by atoms with Gasteiger partial charge in [-0.15, -0.1) is 0 Å². The van der Waals surface area contributed by atoms with Crippen LogP contribution in [0.15, 0.2) is 29.0 Å². The highest BCUT2D eigenvalue weighted by molar-refractivity contribution is 5.92. The molecule has 0 bridgehead atoms. The van der Waals surface area contributed by atoms with Crippen LogP contribution < -0.4 is 0 Å². The monoisotopic (exact) mass is 263 g/mol. The normalized spacial score (nSPS) is 23.8. The van der Waals surface area contributed by atoms with Crippen LogP contribution in [-0.4, -0.2) is 12.3 Å². The molecule has 0 amide bonds. The molecule has 0 aromatic rings. The maximum atomic E-state index is 5.30. The van der Waals surface area contributed by atoms with E-state index >= 15 is 0 Å². The number of allylic oxidation sites excluding steroid dienone is 4. The summed E-state index contributed by atoms with van der Waals surface area (Å²) in [7, 11) is 0. The SMILES string of the molecule is CC1=CCCC(C)(C)C1/C=C/C(C)=N/OCC(C)C. The van der Waals surface area contributed by atoms with Crippen LogP contribution in [0.25, 0.3) is 0 Å². The fourth-order valence-electron chi connectivity index (χ4n) is 2.54. The van der Waals surface area contributed by atoms with Crippen molar-refractivity contribution in [2.24, 2.45) is 22.4 Å². The molecule has 108 valence electrons. The zero-order chi connectivity index (χ0) is 14.5. The molecular formula is C17H29NO. The molecule has 0 radical (unpaired) electrons. The molecule has 0 aliphatic heterocycles. The van der Waals surface area contributed by atoms with Crippen LogP contribution >= 0.6 is 0 Å². The summed E-state index contributed by atoms with van der Waals surface area (Å²) in [5.41, 5.74) is 2.76. The average Bonchev–Trinajstić information content (AvgIpc) is 2.26. The topological polar surface area (TPSA) is 21.6 Å². The standard InChI is InChI=1S/C17H29NO/c1-13(2)12-19-18-15(4)9-10-16-14(3)8-7-11-17(16,5)6/h8-10,13,16H,7,11-12H2,1-6H3/b10-9+,18-15+. The van der Waals surface area contributed by atoms with Crippen molar-refractivity contribution in [2.75, 3.05) is 6.61 Å². The van der Waals surface area contributed by atoms with Crippen LogP contribution in [0.5, 0.6) is 0 Å². The number of nitrogens with zero attached hydrogens (tertiary/aromatic N) is 1.